The highest BCUT2D eigenvalue weighted by molar-refractivity contribution is 5.15. The number of hydrogen-bond acceptors (Lipinski definition) is 2. The fourth-order valence-corrected chi connectivity index (χ4v) is 1.78. The molecule has 0 bridgehead atoms. The lowest BCUT2D eigenvalue weighted by molar-refractivity contribution is 0.474. The second-order valence-electron chi connectivity index (χ2n) is 5.33. The van der Waals surface area contributed by atoms with E-state index in [0.29, 0.717) is 0 Å². The first kappa shape index (κ1) is 12.8. The van der Waals surface area contributed by atoms with E-state index in [0.717, 1.165) is 30.9 Å². The molecule has 0 atom stereocenters. The zero-order valence-corrected chi connectivity index (χ0v) is 11.4. The van der Waals surface area contributed by atoms with Gasteiger partial charge in [0.05, 0.1) is 0 Å². The van der Waals surface area contributed by atoms with Crippen molar-refractivity contribution in [2.45, 2.75) is 45.4 Å². The van der Waals surface area contributed by atoms with Crippen molar-refractivity contribution in [3.63, 3.8) is 0 Å². The van der Waals surface area contributed by atoms with Gasteiger partial charge >= 0.3 is 0 Å². The molecule has 2 rings (SSSR count). The number of rotatable bonds is 5. The quantitative estimate of drug-likeness (QED) is 0.875. The Bertz CT molecular complexity index is 485. The summed E-state index contributed by atoms with van der Waals surface area (Å²) in [5, 5.41) is 7.39. The predicted molar refractivity (Wildman–Crippen MR) is 73.5 cm³/mol. The Morgan fingerprint density at radius 2 is 1.83 bits per heavy atom. The number of aromatic amines is 1. The molecule has 0 saturated carbocycles. The molecule has 18 heavy (non-hydrogen) atoms. The third-order valence-corrected chi connectivity index (χ3v) is 3.51. The minimum atomic E-state index is 0.0570. The Hall–Kier alpha value is -1.64. The summed E-state index contributed by atoms with van der Waals surface area (Å²) in [6, 6.07) is 10.5. The van der Waals surface area contributed by atoms with Crippen molar-refractivity contribution in [1.82, 2.24) is 15.2 Å². The van der Waals surface area contributed by atoms with Crippen molar-refractivity contribution in [3.05, 3.63) is 47.5 Å². The largest absolute Gasteiger partial charge is 0.263 e. The van der Waals surface area contributed by atoms with Crippen LogP contribution in [0.2, 0.25) is 0 Å². The van der Waals surface area contributed by atoms with Gasteiger partial charge in [-0.3, -0.25) is 5.10 Å². The Morgan fingerprint density at radius 3 is 2.50 bits per heavy atom. The molecule has 2 aromatic rings. The summed E-state index contributed by atoms with van der Waals surface area (Å²) >= 11 is 0. The molecule has 0 spiro atoms. The lowest BCUT2D eigenvalue weighted by atomic mass is 9.90. The number of aromatic nitrogens is 3. The molecule has 1 aromatic carbocycles. The number of aryl methyl sites for hydroxylation is 2. The summed E-state index contributed by atoms with van der Waals surface area (Å²) in [7, 11) is 0. The van der Waals surface area contributed by atoms with E-state index in [9.17, 15) is 0 Å². The van der Waals surface area contributed by atoms with Crippen molar-refractivity contribution in [2.75, 3.05) is 0 Å². The van der Waals surface area contributed by atoms with E-state index in [1.165, 1.54) is 5.56 Å². The molecule has 3 nitrogen and oxygen atoms in total. The Morgan fingerprint density at radius 1 is 1.11 bits per heavy atom. The van der Waals surface area contributed by atoms with Gasteiger partial charge in [-0.05, 0) is 18.4 Å². The normalized spacial score (nSPS) is 11.7. The number of nitrogens with one attached hydrogen (secondary N) is 1. The van der Waals surface area contributed by atoms with Crippen LogP contribution in [-0.4, -0.2) is 15.2 Å². The SMILES string of the molecule is CCC(C)(C)c1n[nH]c(CCc2ccccc2)n1. The molecule has 0 fully saturated rings. The minimum Gasteiger partial charge on any atom is -0.263 e. The van der Waals surface area contributed by atoms with Gasteiger partial charge in [0.15, 0.2) is 5.82 Å². The second kappa shape index (κ2) is 5.34. The summed E-state index contributed by atoms with van der Waals surface area (Å²) in [5.41, 5.74) is 1.40. The fourth-order valence-electron chi connectivity index (χ4n) is 1.78. The molecule has 1 N–H and O–H groups in total. The van der Waals surface area contributed by atoms with Crippen molar-refractivity contribution >= 4 is 0 Å². The summed E-state index contributed by atoms with van der Waals surface area (Å²) in [6.45, 7) is 6.52. The molecular formula is C15H21N3. The van der Waals surface area contributed by atoms with Gasteiger partial charge in [-0.15, -0.1) is 0 Å². The van der Waals surface area contributed by atoms with E-state index >= 15 is 0 Å². The molecule has 0 saturated heterocycles. The minimum absolute atomic E-state index is 0.0570. The second-order valence-corrected chi connectivity index (χ2v) is 5.33. The van der Waals surface area contributed by atoms with Crippen molar-refractivity contribution in [3.8, 4) is 0 Å². The van der Waals surface area contributed by atoms with E-state index in [-0.39, 0.29) is 5.41 Å². The fraction of sp³-hybridized carbons (Fsp3) is 0.467. The van der Waals surface area contributed by atoms with Gasteiger partial charge < -0.3 is 0 Å². The lowest BCUT2D eigenvalue weighted by Crippen LogP contribution is -2.17. The highest BCUT2D eigenvalue weighted by atomic mass is 15.2. The van der Waals surface area contributed by atoms with Crippen LogP contribution in [0.1, 0.15) is 44.4 Å². The van der Waals surface area contributed by atoms with E-state index in [1.807, 2.05) is 6.07 Å². The summed E-state index contributed by atoms with van der Waals surface area (Å²) in [4.78, 5) is 4.60. The van der Waals surface area contributed by atoms with Gasteiger partial charge in [-0.1, -0.05) is 51.1 Å². The summed E-state index contributed by atoms with van der Waals surface area (Å²) in [6.07, 6.45) is 2.96. The van der Waals surface area contributed by atoms with E-state index in [1.54, 1.807) is 0 Å². The maximum absolute atomic E-state index is 4.60. The zero-order valence-electron chi connectivity index (χ0n) is 11.4. The van der Waals surface area contributed by atoms with Crippen LogP contribution >= 0.6 is 0 Å². The van der Waals surface area contributed by atoms with Gasteiger partial charge in [0.25, 0.3) is 0 Å². The van der Waals surface area contributed by atoms with Crippen LogP contribution < -0.4 is 0 Å². The van der Waals surface area contributed by atoms with Gasteiger partial charge in [0.1, 0.15) is 5.82 Å². The van der Waals surface area contributed by atoms with Crippen LogP contribution in [0.5, 0.6) is 0 Å². The van der Waals surface area contributed by atoms with Crippen LogP contribution in [0, 0.1) is 0 Å². The third kappa shape index (κ3) is 2.97. The molecule has 96 valence electrons. The van der Waals surface area contributed by atoms with E-state index < -0.39 is 0 Å². The molecule has 0 amide bonds. The van der Waals surface area contributed by atoms with E-state index in [2.05, 4.69) is 60.2 Å². The standard InChI is InChI=1S/C15H21N3/c1-4-15(2,3)14-16-13(17-18-14)11-10-12-8-6-5-7-9-12/h5-9H,4,10-11H2,1-3H3,(H,16,17,18). The van der Waals surface area contributed by atoms with Crippen LogP contribution in [0.25, 0.3) is 0 Å². The molecule has 0 radical (unpaired) electrons. The lowest BCUT2D eigenvalue weighted by Gasteiger charge is -2.17. The maximum Gasteiger partial charge on any atom is 0.156 e. The van der Waals surface area contributed by atoms with Crippen LogP contribution in [0.3, 0.4) is 0 Å². The number of hydrogen-bond donors (Lipinski definition) is 1. The molecule has 3 heteroatoms. The summed E-state index contributed by atoms with van der Waals surface area (Å²) in [5.74, 6) is 1.91. The highest BCUT2D eigenvalue weighted by Gasteiger charge is 2.22. The monoisotopic (exact) mass is 243 g/mol. The number of nitrogens with zero attached hydrogens (tertiary/aromatic N) is 2. The average Bonchev–Trinajstić information content (AvgIpc) is 2.87. The molecule has 0 unspecified atom stereocenters. The average molecular weight is 243 g/mol. The number of benzene rings is 1. The highest BCUT2D eigenvalue weighted by Crippen LogP contribution is 2.22. The first-order valence-electron chi connectivity index (χ1n) is 6.57. The van der Waals surface area contributed by atoms with Crippen molar-refractivity contribution in [1.29, 1.82) is 0 Å². The molecule has 0 aliphatic rings. The Labute approximate surface area is 109 Å². The third-order valence-electron chi connectivity index (χ3n) is 3.51. The zero-order chi connectivity index (χ0) is 13.0. The smallest absolute Gasteiger partial charge is 0.156 e. The summed E-state index contributed by atoms with van der Waals surface area (Å²) < 4.78 is 0. The van der Waals surface area contributed by atoms with Crippen molar-refractivity contribution in [2.24, 2.45) is 0 Å². The molecule has 1 aromatic heterocycles. The van der Waals surface area contributed by atoms with Gasteiger partial charge in [-0.2, -0.15) is 5.10 Å². The van der Waals surface area contributed by atoms with E-state index in [4.69, 9.17) is 0 Å². The van der Waals surface area contributed by atoms with Crippen LogP contribution in [0.15, 0.2) is 30.3 Å². The first-order valence-corrected chi connectivity index (χ1v) is 6.57. The first-order chi connectivity index (χ1) is 8.62. The van der Waals surface area contributed by atoms with Crippen LogP contribution in [-0.2, 0) is 18.3 Å². The predicted octanol–water partition coefficient (Wildman–Crippen LogP) is 3.28. The van der Waals surface area contributed by atoms with Gasteiger partial charge in [-0.25, -0.2) is 4.98 Å². The van der Waals surface area contributed by atoms with Gasteiger partial charge in [0.2, 0.25) is 0 Å². The Balaban J connectivity index is 1.99. The topological polar surface area (TPSA) is 41.6 Å². The molecule has 0 aliphatic heterocycles. The van der Waals surface area contributed by atoms with Crippen LogP contribution in [0.4, 0.5) is 0 Å². The number of H-pyrrole nitrogens is 1. The molecular weight excluding hydrogens is 222 g/mol. The molecule has 0 aliphatic carbocycles. The maximum atomic E-state index is 4.60. The van der Waals surface area contributed by atoms with Crippen molar-refractivity contribution < 1.29 is 0 Å². The Kier molecular flexibility index (Phi) is 3.80. The molecule has 1 heterocycles. The van der Waals surface area contributed by atoms with Gasteiger partial charge in [0, 0.05) is 11.8 Å².